The van der Waals surface area contributed by atoms with E-state index in [1.54, 1.807) is 0 Å². The molecule has 3 heteroatoms. The lowest BCUT2D eigenvalue weighted by molar-refractivity contribution is 0.306. The highest BCUT2D eigenvalue weighted by Crippen LogP contribution is 2.28. The number of ether oxygens (including phenoxy) is 1. The predicted molar refractivity (Wildman–Crippen MR) is 89.3 cm³/mol. The third-order valence-electron chi connectivity index (χ3n) is 3.72. The van der Waals surface area contributed by atoms with Crippen LogP contribution in [0.2, 0.25) is 0 Å². The van der Waals surface area contributed by atoms with Gasteiger partial charge in [-0.3, -0.25) is 0 Å². The number of halogens is 1. The van der Waals surface area contributed by atoms with Gasteiger partial charge in [0.1, 0.15) is 12.4 Å². The molecule has 0 heterocycles. The highest BCUT2D eigenvalue weighted by atomic mass is 79.9. The minimum atomic E-state index is 0.604. The van der Waals surface area contributed by atoms with Crippen molar-refractivity contribution in [1.29, 1.82) is 0 Å². The molecular weight excluding hydrogens is 326 g/mol. The molecule has 1 aliphatic carbocycles. The van der Waals surface area contributed by atoms with Crippen LogP contribution in [0, 0.1) is 5.92 Å². The van der Waals surface area contributed by atoms with Gasteiger partial charge in [-0.05, 0) is 48.6 Å². The Morgan fingerprint density at radius 1 is 1.10 bits per heavy atom. The van der Waals surface area contributed by atoms with E-state index >= 15 is 0 Å². The van der Waals surface area contributed by atoms with Crippen molar-refractivity contribution in [2.45, 2.75) is 26.0 Å². The van der Waals surface area contributed by atoms with Gasteiger partial charge in [-0.25, -0.2) is 0 Å². The molecule has 21 heavy (non-hydrogen) atoms. The second kappa shape index (κ2) is 7.10. The molecule has 0 aliphatic heterocycles. The zero-order valence-corrected chi connectivity index (χ0v) is 13.6. The molecule has 1 aliphatic rings. The number of benzene rings is 2. The zero-order valence-electron chi connectivity index (χ0n) is 12.0. The maximum atomic E-state index is 5.83. The van der Waals surface area contributed by atoms with Crippen LogP contribution < -0.4 is 10.1 Å². The molecule has 2 nitrogen and oxygen atoms in total. The smallest absolute Gasteiger partial charge is 0.120 e. The summed E-state index contributed by atoms with van der Waals surface area (Å²) in [5, 5.41) is 3.51. The third kappa shape index (κ3) is 4.58. The maximum absolute atomic E-state index is 5.83. The quantitative estimate of drug-likeness (QED) is 0.795. The molecule has 3 rings (SSSR count). The Labute approximate surface area is 134 Å². The molecule has 2 aromatic carbocycles. The average molecular weight is 346 g/mol. The van der Waals surface area contributed by atoms with Crippen molar-refractivity contribution in [2.75, 3.05) is 6.54 Å². The molecule has 0 saturated heterocycles. The van der Waals surface area contributed by atoms with Crippen LogP contribution >= 0.6 is 15.9 Å². The first kappa shape index (κ1) is 14.6. The van der Waals surface area contributed by atoms with Gasteiger partial charge in [-0.2, -0.15) is 0 Å². The number of hydrogen-bond donors (Lipinski definition) is 1. The largest absolute Gasteiger partial charge is 0.489 e. The fraction of sp³-hybridized carbons (Fsp3) is 0.333. The first-order valence-electron chi connectivity index (χ1n) is 7.47. The SMILES string of the molecule is Brc1cc(OCc2ccccc2)ccc1CNCC1CC1. The molecule has 0 bridgehead atoms. The minimum absolute atomic E-state index is 0.604. The molecule has 2 aromatic rings. The number of rotatable bonds is 7. The highest BCUT2D eigenvalue weighted by molar-refractivity contribution is 9.10. The lowest BCUT2D eigenvalue weighted by Gasteiger charge is -2.10. The van der Waals surface area contributed by atoms with E-state index in [0.29, 0.717) is 6.61 Å². The number of nitrogens with one attached hydrogen (secondary N) is 1. The van der Waals surface area contributed by atoms with Gasteiger partial charge in [-0.1, -0.05) is 52.3 Å². The predicted octanol–water partition coefficient (Wildman–Crippen LogP) is 4.53. The molecule has 0 amide bonds. The van der Waals surface area contributed by atoms with Crippen LogP contribution in [0.5, 0.6) is 5.75 Å². The number of hydrogen-bond acceptors (Lipinski definition) is 2. The Bertz CT molecular complexity index is 581. The standard InChI is InChI=1S/C18H20BrNO/c19-18-10-17(21-13-15-4-2-1-3-5-15)9-8-16(18)12-20-11-14-6-7-14/h1-5,8-10,14,20H,6-7,11-13H2. The van der Waals surface area contributed by atoms with E-state index in [4.69, 9.17) is 4.74 Å². The van der Waals surface area contributed by atoms with Gasteiger partial charge in [0, 0.05) is 11.0 Å². The molecule has 0 spiro atoms. The van der Waals surface area contributed by atoms with Gasteiger partial charge in [0.2, 0.25) is 0 Å². The first-order valence-corrected chi connectivity index (χ1v) is 8.26. The molecule has 1 saturated carbocycles. The van der Waals surface area contributed by atoms with Crippen molar-refractivity contribution in [1.82, 2.24) is 5.32 Å². The second-order valence-electron chi connectivity index (χ2n) is 5.60. The molecule has 1 N–H and O–H groups in total. The van der Waals surface area contributed by atoms with Gasteiger partial charge in [0.15, 0.2) is 0 Å². The maximum Gasteiger partial charge on any atom is 0.120 e. The Morgan fingerprint density at radius 2 is 1.90 bits per heavy atom. The fourth-order valence-electron chi connectivity index (χ4n) is 2.24. The van der Waals surface area contributed by atoms with Crippen molar-refractivity contribution in [2.24, 2.45) is 5.92 Å². The van der Waals surface area contributed by atoms with E-state index in [0.717, 1.165) is 29.2 Å². The Balaban J connectivity index is 1.53. The zero-order chi connectivity index (χ0) is 14.5. The third-order valence-corrected chi connectivity index (χ3v) is 4.46. The van der Waals surface area contributed by atoms with E-state index < -0.39 is 0 Å². The summed E-state index contributed by atoms with van der Waals surface area (Å²) in [5.74, 6) is 1.81. The Morgan fingerprint density at radius 3 is 2.62 bits per heavy atom. The van der Waals surface area contributed by atoms with Crippen LogP contribution in [0.3, 0.4) is 0 Å². The van der Waals surface area contributed by atoms with Crippen molar-refractivity contribution < 1.29 is 4.74 Å². The van der Waals surface area contributed by atoms with E-state index in [2.05, 4.69) is 45.5 Å². The van der Waals surface area contributed by atoms with Crippen molar-refractivity contribution in [3.8, 4) is 5.75 Å². The van der Waals surface area contributed by atoms with Crippen LogP contribution in [0.1, 0.15) is 24.0 Å². The minimum Gasteiger partial charge on any atom is -0.489 e. The average Bonchev–Trinajstić information content (AvgIpc) is 3.32. The van der Waals surface area contributed by atoms with Crippen LogP contribution in [-0.4, -0.2) is 6.54 Å². The van der Waals surface area contributed by atoms with Crippen molar-refractivity contribution >= 4 is 15.9 Å². The van der Waals surface area contributed by atoms with Crippen LogP contribution in [0.4, 0.5) is 0 Å². The first-order chi connectivity index (χ1) is 10.3. The Hall–Kier alpha value is -1.32. The van der Waals surface area contributed by atoms with Crippen LogP contribution in [0.25, 0.3) is 0 Å². The van der Waals surface area contributed by atoms with Gasteiger partial charge in [0.25, 0.3) is 0 Å². The Kier molecular flexibility index (Phi) is 4.94. The molecular formula is C18H20BrNO. The summed E-state index contributed by atoms with van der Waals surface area (Å²) in [6.07, 6.45) is 2.78. The van der Waals surface area contributed by atoms with Crippen LogP contribution in [-0.2, 0) is 13.2 Å². The summed E-state index contributed by atoms with van der Waals surface area (Å²) in [5.41, 5.74) is 2.46. The van der Waals surface area contributed by atoms with E-state index in [-0.39, 0.29) is 0 Å². The van der Waals surface area contributed by atoms with Crippen LogP contribution in [0.15, 0.2) is 53.0 Å². The topological polar surface area (TPSA) is 21.3 Å². The monoisotopic (exact) mass is 345 g/mol. The molecule has 0 radical (unpaired) electrons. The summed E-state index contributed by atoms with van der Waals surface area (Å²) in [6.45, 7) is 2.65. The molecule has 0 aromatic heterocycles. The molecule has 0 atom stereocenters. The molecule has 1 fully saturated rings. The van der Waals surface area contributed by atoms with Gasteiger partial charge >= 0.3 is 0 Å². The second-order valence-corrected chi connectivity index (χ2v) is 6.46. The van der Waals surface area contributed by atoms with Crippen molar-refractivity contribution in [3.05, 3.63) is 64.1 Å². The van der Waals surface area contributed by atoms with Gasteiger partial charge in [-0.15, -0.1) is 0 Å². The fourth-order valence-corrected chi connectivity index (χ4v) is 2.73. The summed E-state index contributed by atoms with van der Waals surface area (Å²) >= 11 is 3.64. The highest BCUT2D eigenvalue weighted by Gasteiger charge is 2.20. The van der Waals surface area contributed by atoms with Gasteiger partial charge in [0.05, 0.1) is 0 Å². The lowest BCUT2D eigenvalue weighted by atomic mass is 10.2. The lowest BCUT2D eigenvalue weighted by Crippen LogP contribution is -2.16. The van der Waals surface area contributed by atoms with E-state index in [1.807, 2.05) is 24.3 Å². The summed E-state index contributed by atoms with van der Waals surface area (Å²) in [7, 11) is 0. The summed E-state index contributed by atoms with van der Waals surface area (Å²) < 4.78 is 6.94. The summed E-state index contributed by atoms with van der Waals surface area (Å²) in [6, 6.07) is 16.5. The normalized spacial score (nSPS) is 14.1. The van der Waals surface area contributed by atoms with E-state index in [9.17, 15) is 0 Å². The van der Waals surface area contributed by atoms with Crippen molar-refractivity contribution in [3.63, 3.8) is 0 Å². The van der Waals surface area contributed by atoms with Gasteiger partial charge < -0.3 is 10.1 Å². The molecule has 110 valence electrons. The van der Waals surface area contributed by atoms with E-state index in [1.165, 1.54) is 24.0 Å². The summed E-state index contributed by atoms with van der Waals surface area (Å²) in [4.78, 5) is 0. The molecule has 0 unspecified atom stereocenters.